The van der Waals surface area contributed by atoms with Crippen LogP contribution in [0.25, 0.3) is 0 Å². The molecule has 9 nitrogen and oxygen atoms in total. The topological polar surface area (TPSA) is 133 Å². The van der Waals surface area contributed by atoms with E-state index in [1.54, 1.807) is 30.3 Å². The number of hydrogen-bond acceptors (Lipinski definition) is 8. The summed E-state index contributed by atoms with van der Waals surface area (Å²) in [5.41, 5.74) is 12.5. The summed E-state index contributed by atoms with van der Waals surface area (Å²) in [7, 11) is 1.59. The Bertz CT molecular complexity index is 1550. The number of amidine groups is 1. The number of rotatable bonds is 12. The molecule has 1 aliphatic carbocycles. The highest BCUT2D eigenvalue weighted by Gasteiger charge is 2.40. The first-order valence-corrected chi connectivity index (χ1v) is 15.3. The molecule has 0 atom stereocenters. The Morgan fingerprint density at radius 2 is 1.81 bits per heavy atom. The first-order chi connectivity index (χ1) is 20.5. The molecule has 1 aliphatic rings. The second kappa shape index (κ2) is 13.3. The van der Waals surface area contributed by atoms with E-state index in [0.29, 0.717) is 40.6 Å². The molecule has 0 saturated heterocycles. The molecule has 3 aromatic carbocycles. The lowest BCUT2D eigenvalue weighted by molar-refractivity contribution is 0.102. The van der Waals surface area contributed by atoms with Gasteiger partial charge in [-0.2, -0.15) is 0 Å². The number of amides is 1. The number of carbonyl (C=O) groups is 1. The van der Waals surface area contributed by atoms with Crippen molar-refractivity contribution in [2.45, 2.75) is 39.0 Å². The van der Waals surface area contributed by atoms with Gasteiger partial charge in [-0.15, -0.1) is 0 Å². The number of anilines is 3. The van der Waals surface area contributed by atoms with Gasteiger partial charge in [-0.3, -0.25) is 15.2 Å². The van der Waals surface area contributed by atoms with Crippen LogP contribution >= 0.6 is 11.9 Å². The number of aryl methyl sites for hydroxylation is 1. The molecule has 7 N–H and O–H groups in total. The minimum atomic E-state index is -0.295. The minimum absolute atomic E-state index is 0.0981. The molecule has 1 saturated carbocycles. The van der Waals surface area contributed by atoms with Gasteiger partial charge in [0.05, 0.1) is 35.6 Å². The van der Waals surface area contributed by atoms with Gasteiger partial charge in [0, 0.05) is 30.1 Å². The van der Waals surface area contributed by atoms with E-state index in [1.807, 2.05) is 62.6 Å². The molecular weight excluding hydrogens is 558 g/mol. The Kier molecular flexibility index (Phi) is 9.73. The highest BCUT2D eigenvalue weighted by Crippen LogP contribution is 2.51. The minimum Gasteiger partial charge on any atom is -0.492 e. The van der Waals surface area contributed by atoms with Crippen molar-refractivity contribution in [1.29, 1.82) is 5.41 Å². The summed E-state index contributed by atoms with van der Waals surface area (Å²) in [6.07, 6.45) is 5.70. The van der Waals surface area contributed by atoms with Crippen molar-refractivity contribution >= 4 is 40.8 Å². The van der Waals surface area contributed by atoms with Crippen LogP contribution in [0.5, 0.6) is 5.75 Å². The third kappa shape index (κ3) is 6.98. The summed E-state index contributed by atoms with van der Waals surface area (Å²) in [5, 5.41) is 13.1. The highest BCUT2D eigenvalue weighted by molar-refractivity contribution is 7.99. The zero-order valence-corrected chi connectivity index (χ0v) is 26.3. The molecule has 1 fully saturated rings. The lowest BCUT2D eigenvalue weighted by Gasteiger charge is -2.27. The molecule has 0 radical (unpaired) electrons. The van der Waals surface area contributed by atoms with Crippen LogP contribution in [-0.2, 0) is 5.41 Å². The van der Waals surface area contributed by atoms with E-state index in [4.69, 9.17) is 21.7 Å². The zero-order valence-electron chi connectivity index (χ0n) is 25.5. The average Bonchev–Trinajstić information content (AvgIpc) is 3.76. The normalized spacial score (nSPS) is 13.6. The molecule has 0 aliphatic heterocycles. The number of nitrogens with one attached hydrogen (secondary N) is 3. The van der Waals surface area contributed by atoms with Crippen LogP contribution in [0.15, 0.2) is 84.8 Å². The molecule has 226 valence electrons. The lowest BCUT2D eigenvalue weighted by Crippen LogP contribution is -2.34. The Labute approximate surface area is 258 Å². The van der Waals surface area contributed by atoms with Gasteiger partial charge >= 0.3 is 0 Å². The van der Waals surface area contributed by atoms with Crippen molar-refractivity contribution < 1.29 is 9.53 Å². The standard InChI is InChI=1S/C33H41N7O2S/c1-7-39(31(35)23-11-9-8-10-12-23)22(3)26(34)20-40(36)29-17-24(14-13-21(29)2)32(41)37-27-18-25(33(4)15-16-33)19-28(38-43-6)30(27)42-5/h8-14,17-20,35,38H,3,7,15-16,34,36H2,1-2,4-6H3,(H,37,41)/b26-20-,35-31?. The Morgan fingerprint density at radius 3 is 2.42 bits per heavy atom. The quantitative estimate of drug-likeness (QED) is 0.0407. The molecule has 10 heteroatoms. The van der Waals surface area contributed by atoms with Crippen LogP contribution in [0.2, 0.25) is 0 Å². The molecular formula is C33H41N7O2S. The van der Waals surface area contributed by atoms with Gasteiger partial charge in [-0.05, 0) is 67.5 Å². The van der Waals surface area contributed by atoms with Crippen LogP contribution in [0.4, 0.5) is 17.1 Å². The van der Waals surface area contributed by atoms with Gasteiger partial charge in [-0.1, -0.05) is 61.8 Å². The third-order valence-electron chi connectivity index (χ3n) is 7.77. The molecule has 4 rings (SSSR count). The zero-order chi connectivity index (χ0) is 31.3. The number of carbonyl (C=O) groups excluding carboxylic acids is 1. The predicted molar refractivity (Wildman–Crippen MR) is 180 cm³/mol. The molecule has 0 spiro atoms. The summed E-state index contributed by atoms with van der Waals surface area (Å²) in [5.74, 6) is 7.02. The maximum Gasteiger partial charge on any atom is 0.255 e. The van der Waals surface area contributed by atoms with Gasteiger partial charge in [-0.25, -0.2) is 5.84 Å². The molecule has 0 bridgehead atoms. The number of nitrogens with two attached hydrogens (primary N) is 2. The number of benzene rings is 3. The fourth-order valence-electron chi connectivity index (χ4n) is 4.86. The second-order valence-electron chi connectivity index (χ2n) is 10.8. The van der Waals surface area contributed by atoms with Gasteiger partial charge in [0.25, 0.3) is 5.91 Å². The van der Waals surface area contributed by atoms with E-state index in [0.717, 1.165) is 35.2 Å². The van der Waals surface area contributed by atoms with Gasteiger partial charge in [0.15, 0.2) is 5.75 Å². The smallest absolute Gasteiger partial charge is 0.255 e. The van der Waals surface area contributed by atoms with Crippen molar-refractivity contribution in [2.75, 3.05) is 35.0 Å². The number of ether oxygens (including phenoxy) is 1. The monoisotopic (exact) mass is 599 g/mol. The summed E-state index contributed by atoms with van der Waals surface area (Å²) >= 11 is 1.47. The molecule has 43 heavy (non-hydrogen) atoms. The van der Waals surface area contributed by atoms with E-state index in [-0.39, 0.29) is 17.2 Å². The van der Waals surface area contributed by atoms with E-state index < -0.39 is 0 Å². The number of hydrogen-bond donors (Lipinski definition) is 5. The van der Waals surface area contributed by atoms with Crippen LogP contribution in [0, 0.1) is 12.3 Å². The predicted octanol–water partition coefficient (Wildman–Crippen LogP) is 6.34. The largest absolute Gasteiger partial charge is 0.492 e. The van der Waals surface area contributed by atoms with Gasteiger partial charge in [0.1, 0.15) is 5.84 Å². The van der Waals surface area contributed by atoms with Crippen molar-refractivity contribution in [3.63, 3.8) is 0 Å². The fraction of sp³-hybridized carbons (Fsp3) is 0.273. The lowest BCUT2D eigenvalue weighted by atomic mass is 9.96. The number of hydrazine groups is 1. The van der Waals surface area contributed by atoms with Crippen LogP contribution in [0.1, 0.15) is 53.7 Å². The first kappa shape index (κ1) is 31.5. The maximum atomic E-state index is 13.5. The van der Waals surface area contributed by atoms with Crippen molar-refractivity contribution in [3.05, 3.63) is 107 Å². The third-order valence-corrected chi connectivity index (χ3v) is 8.19. The Morgan fingerprint density at radius 1 is 1.14 bits per heavy atom. The number of methoxy groups -OCH3 is 1. The molecule has 3 aromatic rings. The van der Waals surface area contributed by atoms with Crippen molar-refractivity contribution in [2.24, 2.45) is 11.6 Å². The molecule has 0 heterocycles. The molecule has 0 aromatic heterocycles. The van der Waals surface area contributed by atoms with E-state index in [2.05, 4.69) is 29.6 Å². The maximum absolute atomic E-state index is 13.5. The summed E-state index contributed by atoms with van der Waals surface area (Å²) in [6, 6.07) is 18.8. The average molecular weight is 600 g/mol. The van der Waals surface area contributed by atoms with E-state index in [1.165, 1.54) is 17.0 Å². The number of likely N-dealkylation sites (N-methyl/N-ethyl adjacent to an activating group) is 1. The van der Waals surface area contributed by atoms with Crippen LogP contribution < -0.4 is 31.4 Å². The first-order valence-electron chi connectivity index (χ1n) is 14.1. The molecule has 1 amide bonds. The van der Waals surface area contributed by atoms with Crippen LogP contribution in [0.3, 0.4) is 0 Å². The number of nitrogens with zero attached hydrogens (tertiary/aromatic N) is 2. The summed E-state index contributed by atoms with van der Waals surface area (Å²) < 4.78 is 8.99. The van der Waals surface area contributed by atoms with Crippen molar-refractivity contribution in [1.82, 2.24) is 4.90 Å². The van der Waals surface area contributed by atoms with E-state index in [9.17, 15) is 4.79 Å². The van der Waals surface area contributed by atoms with Gasteiger partial charge < -0.3 is 25.4 Å². The second-order valence-corrected chi connectivity index (χ2v) is 11.4. The highest BCUT2D eigenvalue weighted by atomic mass is 32.2. The van der Waals surface area contributed by atoms with E-state index >= 15 is 0 Å². The Hall–Kier alpha value is -4.41. The molecule has 0 unspecified atom stereocenters. The van der Waals surface area contributed by atoms with Crippen LogP contribution in [-0.4, -0.2) is 36.6 Å². The van der Waals surface area contributed by atoms with Gasteiger partial charge in [0.2, 0.25) is 0 Å². The summed E-state index contributed by atoms with van der Waals surface area (Å²) in [6.45, 7) is 10.7. The fourth-order valence-corrected chi connectivity index (χ4v) is 5.23. The van der Waals surface area contributed by atoms with Crippen molar-refractivity contribution in [3.8, 4) is 5.75 Å². The summed E-state index contributed by atoms with van der Waals surface area (Å²) in [4.78, 5) is 15.3. The Balaban J connectivity index is 1.58. The SMILES string of the molecule is C=C(/C(N)=C/N(N)c1cc(C(=O)Nc2cc(C3(C)CC3)cc(NSC)c2OC)ccc1C)N(CC)C(=N)c1ccccc1.